The van der Waals surface area contributed by atoms with Crippen molar-refractivity contribution in [3.05, 3.63) is 71.5 Å². The van der Waals surface area contributed by atoms with Crippen LogP contribution in [-0.4, -0.2) is 36.5 Å². The molecule has 2 N–H and O–H groups in total. The van der Waals surface area contributed by atoms with Crippen LogP contribution in [0.5, 0.6) is 0 Å². The number of hydrogen-bond donors (Lipinski definition) is 2. The SMILES string of the molecule is CC(OC(=O)C(NC(=O)Cc1ccccc1)C(C)C)C(=O)NCCc1ccc(F)cc1. The highest BCUT2D eigenvalue weighted by atomic mass is 19.1. The first-order chi connectivity index (χ1) is 14.8. The Hall–Kier alpha value is -3.22. The Bertz CT molecular complexity index is 869. The Morgan fingerprint density at radius 1 is 0.935 bits per heavy atom. The van der Waals surface area contributed by atoms with Crippen molar-refractivity contribution in [3.8, 4) is 0 Å². The van der Waals surface area contributed by atoms with Crippen LogP contribution in [0.25, 0.3) is 0 Å². The Morgan fingerprint density at radius 2 is 1.58 bits per heavy atom. The predicted molar refractivity (Wildman–Crippen MR) is 116 cm³/mol. The first-order valence-corrected chi connectivity index (χ1v) is 10.3. The number of esters is 1. The molecule has 7 heteroatoms. The summed E-state index contributed by atoms with van der Waals surface area (Å²) in [5.41, 5.74) is 1.72. The minimum atomic E-state index is -1.01. The summed E-state index contributed by atoms with van der Waals surface area (Å²) in [6.45, 7) is 5.40. The molecule has 0 saturated heterocycles. The summed E-state index contributed by atoms with van der Waals surface area (Å²) in [4.78, 5) is 37.1. The third-order valence-electron chi connectivity index (χ3n) is 4.73. The van der Waals surface area contributed by atoms with Crippen LogP contribution in [0.1, 0.15) is 31.9 Å². The number of halogens is 1. The van der Waals surface area contributed by atoms with Crippen molar-refractivity contribution in [2.24, 2.45) is 5.92 Å². The summed E-state index contributed by atoms with van der Waals surface area (Å²) in [5, 5.41) is 5.40. The third-order valence-corrected chi connectivity index (χ3v) is 4.73. The lowest BCUT2D eigenvalue weighted by Gasteiger charge is -2.23. The van der Waals surface area contributed by atoms with E-state index >= 15 is 0 Å². The van der Waals surface area contributed by atoms with Gasteiger partial charge < -0.3 is 15.4 Å². The molecular formula is C24H29FN2O4. The summed E-state index contributed by atoms with van der Waals surface area (Å²) in [5.74, 6) is -1.91. The molecule has 0 aliphatic carbocycles. The summed E-state index contributed by atoms with van der Waals surface area (Å²) in [6, 6.07) is 14.4. The fraction of sp³-hybridized carbons (Fsp3) is 0.375. The molecule has 0 heterocycles. The molecule has 0 spiro atoms. The second kappa shape index (κ2) is 11.8. The largest absolute Gasteiger partial charge is 0.451 e. The molecule has 0 aromatic heterocycles. The van der Waals surface area contributed by atoms with Gasteiger partial charge in [-0.1, -0.05) is 56.3 Å². The molecule has 0 fully saturated rings. The number of ether oxygens (including phenoxy) is 1. The molecule has 2 unspecified atom stereocenters. The Kier molecular flexibility index (Phi) is 9.18. The molecule has 0 saturated carbocycles. The van der Waals surface area contributed by atoms with Gasteiger partial charge in [-0.15, -0.1) is 0 Å². The van der Waals surface area contributed by atoms with E-state index in [4.69, 9.17) is 4.74 Å². The minimum absolute atomic E-state index is 0.150. The maximum Gasteiger partial charge on any atom is 0.329 e. The van der Waals surface area contributed by atoms with Crippen molar-refractivity contribution in [2.45, 2.75) is 45.8 Å². The maximum atomic E-state index is 12.9. The molecule has 0 radical (unpaired) electrons. The number of rotatable bonds is 10. The molecule has 2 amide bonds. The van der Waals surface area contributed by atoms with Crippen molar-refractivity contribution < 1.29 is 23.5 Å². The van der Waals surface area contributed by atoms with Crippen LogP contribution in [-0.2, 0) is 32.0 Å². The van der Waals surface area contributed by atoms with Crippen LogP contribution < -0.4 is 10.6 Å². The fourth-order valence-corrected chi connectivity index (χ4v) is 2.93. The van der Waals surface area contributed by atoms with E-state index in [0.717, 1.165) is 11.1 Å². The normalized spacial score (nSPS) is 12.7. The second-order valence-corrected chi connectivity index (χ2v) is 7.70. The van der Waals surface area contributed by atoms with Gasteiger partial charge in [-0.25, -0.2) is 9.18 Å². The molecule has 2 aromatic carbocycles. The van der Waals surface area contributed by atoms with Crippen LogP contribution in [0.4, 0.5) is 4.39 Å². The number of carbonyl (C=O) groups excluding carboxylic acids is 3. The lowest BCUT2D eigenvalue weighted by Crippen LogP contribution is -2.48. The van der Waals surface area contributed by atoms with E-state index < -0.39 is 24.0 Å². The van der Waals surface area contributed by atoms with Gasteiger partial charge in [-0.2, -0.15) is 0 Å². The highest BCUT2D eigenvalue weighted by Gasteiger charge is 2.28. The summed E-state index contributed by atoms with van der Waals surface area (Å²) < 4.78 is 18.2. The molecule has 0 aliphatic heterocycles. The van der Waals surface area contributed by atoms with Gasteiger partial charge in [0.1, 0.15) is 11.9 Å². The zero-order chi connectivity index (χ0) is 22.8. The third kappa shape index (κ3) is 8.20. The highest BCUT2D eigenvalue weighted by molar-refractivity contribution is 5.88. The molecular weight excluding hydrogens is 399 g/mol. The highest BCUT2D eigenvalue weighted by Crippen LogP contribution is 2.08. The van der Waals surface area contributed by atoms with Crippen molar-refractivity contribution in [2.75, 3.05) is 6.54 Å². The van der Waals surface area contributed by atoms with E-state index in [9.17, 15) is 18.8 Å². The topological polar surface area (TPSA) is 84.5 Å². The molecule has 0 bridgehead atoms. The predicted octanol–water partition coefficient (Wildman–Crippen LogP) is 2.80. The lowest BCUT2D eigenvalue weighted by molar-refractivity contribution is -0.158. The van der Waals surface area contributed by atoms with Crippen LogP contribution in [0.2, 0.25) is 0 Å². The van der Waals surface area contributed by atoms with E-state index in [0.29, 0.717) is 13.0 Å². The van der Waals surface area contributed by atoms with Gasteiger partial charge in [0.05, 0.1) is 6.42 Å². The minimum Gasteiger partial charge on any atom is -0.451 e. The van der Waals surface area contributed by atoms with Crippen LogP contribution in [0, 0.1) is 11.7 Å². The van der Waals surface area contributed by atoms with Crippen molar-refractivity contribution in [1.82, 2.24) is 10.6 Å². The van der Waals surface area contributed by atoms with Crippen LogP contribution in [0.3, 0.4) is 0 Å². The first kappa shape index (κ1) is 24.1. The second-order valence-electron chi connectivity index (χ2n) is 7.70. The van der Waals surface area contributed by atoms with Crippen LogP contribution in [0.15, 0.2) is 54.6 Å². The Labute approximate surface area is 182 Å². The maximum absolute atomic E-state index is 12.9. The van der Waals surface area contributed by atoms with E-state index in [1.54, 1.807) is 26.0 Å². The fourth-order valence-electron chi connectivity index (χ4n) is 2.93. The molecule has 2 atom stereocenters. The van der Waals surface area contributed by atoms with Gasteiger partial charge in [0.2, 0.25) is 5.91 Å². The molecule has 6 nitrogen and oxygen atoms in total. The van der Waals surface area contributed by atoms with Crippen LogP contribution >= 0.6 is 0 Å². The molecule has 166 valence electrons. The first-order valence-electron chi connectivity index (χ1n) is 10.3. The number of nitrogens with one attached hydrogen (secondary N) is 2. The van der Waals surface area contributed by atoms with Gasteiger partial charge >= 0.3 is 5.97 Å². The molecule has 2 rings (SSSR count). The zero-order valence-corrected chi connectivity index (χ0v) is 18.1. The van der Waals surface area contributed by atoms with Gasteiger partial charge in [0.25, 0.3) is 5.91 Å². The van der Waals surface area contributed by atoms with Gasteiger partial charge in [0, 0.05) is 6.54 Å². The molecule has 2 aromatic rings. The molecule has 31 heavy (non-hydrogen) atoms. The number of amides is 2. The number of benzene rings is 2. The van der Waals surface area contributed by atoms with Gasteiger partial charge in [-0.05, 0) is 42.5 Å². The lowest BCUT2D eigenvalue weighted by atomic mass is 10.0. The van der Waals surface area contributed by atoms with Gasteiger partial charge in [0.15, 0.2) is 6.10 Å². The monoisotopic (exact) mass is 428 g/mol. The summed E-state index contributed by atoms with van der Waals surface area (Å²) in [7, 11) is 0. The average Bonchev–Trinajstić information content (AvgIpc) is 2.73. The smallest absolute Gasteiger partial charge is 0.329 e. The van der Waals surface area contributed by atoms with Crippen molar-refractivity contribution >= 4 is 17.8 Å². The zero-order valence-electron chi connectivity index (χ0n) is 18.1. The summed E-state index contributed by atoms with van der Waals surface area (Å²) in [6.07, 6.45) is -0.332. The quantitative estimate of drug-likeness (QED) is 0.570. The number of carbonyl (C=O) groups is 3. The van der Waals surface area contributed by atoms with E-state index in [1.807, 2.05) is 30.3 Å². The molecule has 0 aliphatic rings. The van der Waals surface area contributed by atoms with Gasteiger partial charge in [-0.3, -0.25) is 9.59 Å². The Morgan fingerprint density at radius 3 is 2.19 bits per heavy atom. The summed E-state index contributed by atoms with van der Waals surface area (Å²) >= 11 is 0. The number of hydrogen-bond acceptors (Lipinski definition) is 4. The van der Waals surface area contributed by atoms with E-state index in [-0.39, 0.29) is 24.1 Å². The van der Waals surface area contributed by atoms with E-state index in [1.165, 1.54) is 19.1 Å². The van der Waals surface area contributed by atoms with Crippen molar-refractivity contribution in [1.29, 1.82) is 0 Å². The van der Waals surface area contributed by atoms with E-state index in [2.05, 4.69) is 10.6 Å². The standard InChI is InChI=1S/C24H29FN2O4/c1-16(2)22(27-21(28)15-19-7-5-4-6-8-19)24(30)31-17(3)23(29)26-14-13-18-9-11-20(25)12-10-18/h4-12,16-17,22H,13-15H2,1-3H3,(H,26,29)(H,27,28). The van der Waals surface area contributed by atoms with Crippen molar-refractivity contribution in [3.63, 3.8) is 0 Å². The Balaban J connectivity index is 1.82. The average molecular weight is 429 g/mol.